The Morgan fingerprint density at radius 1 is 0.452 bits per heavy atom. The molecule has 31 heavy (non-hydrogen) atoms. The lowest BCUT2D eigenvalue weighted by molar-refractivity contribution is 0.345. The minimum absolute atomic E-state index is 0.0830. The normalized spacial score (nSPS) is 12.4. The highest BCUT2D eigenvalue weighted by Gasteiger charge is 2.37. The highest BCUT2D eigenvalue weighted by molar-refractivity contribution is 5.40. The van der Waals surface area contributed by atoms with Gasteiger partial charge in [-0.3, -0.25) is 0 Å². The molecule has 2 heteroatoms. The topological polar surface area (TPSA) is 52.0 Å². The van der Waals surface area contributed by atoms with E-state index in [1.807, 2.05) is 0 Å². The van der Waals surface area contributed by atoms with E-state index >= 15 is 0 Å². The van der Waals surface area contributed by atoms with E-state index in [9.17, 15) is 0 Å². The SMILES string of the molecule is NCC(N)C(C(c1ccccc1)c1ccccc1)C(c1ccccc1)c1ccccc1. The summed E-state index contributed by atoms with van der Waals surface area (Å²) in [4.78, 5) is 0. The number of benzene rings is 4. The molecular formula is C29H30N2. The third kappa shape index (κ3) is 4.77. The number of rotatable bonds is 8. The Hall–Kier alpha value is -3.20. The smallest absolute Gasteiger partial charge is 0.0209 e. The molecule has 2 nitrogen and oxygen atoms in total. The van der Waals surface area contributed by atoms with Gasteiger partial charge in [0.25, 0.3) is 0 Å². The maximum atomic E-state index is 6.84. The molecule has 156 valence electrons. The van der Waals surface area contributed by atoms with Gasteiger partial charge in [-0.05, 0) is 28.2 Å². The Morgan fingerprint density at radius 2 is 0.710 bits per heavy atom. The molecule has 0 aliphatic carbocycles. The number of nitrogens with two attached hydrogens (primary N) is 2. The van der Waals surface area contributed by atoms with Gasteiger partial charge in [0, 0.05) is 24.4 Å². The van der Waals surface area contributed by atoms with Crippen molar-refractivity contribution >= 4 is 0 Å². The van der Waals surface area contributed by atoms with Crippen LogP contribution in [0.5, 0.6) is 0 Å². The summed E-state index contributed by atoms with van der Waals surface area (Å²) in [6, 6.07) is 42.6. The van der Waals surface area contributed by atoms with E-state index in [2.05, 4.69) is 121 Å². The van der Waals surface area contributed by atoms with E-state index in [0.29, 0.717) is 6.54 Å². The number of hydrogen-bond acceptors (Lipinski definition) is 2. The first kappa shape index (κ1) is 21.0. The fourth-order valence-corrected chi connectivity index (χ4v) is 4.76. The van der Waals surface area contributed by atoms with Crippen molar-refractivity contribution in [2.45, 2.75) is 17.9 Å². The molecular weight excluding hydrogens is 376 g/mol. The maximum Gasteiger partial charge on any atom is 0.0209 e. The van der Waals surface area contributed by atoms with Gasteiger partial charge in [0.05, 0.1) is 0 Å². The van der Waals surface area contributed by atoms with Crippen molar-refractivity contribution in [1.29, 1.82) is 0 Å². The van der Waals surface area contributed by atoms with E-state index in [1.54, 1.807) is 0 Å². The average Bonchev–Trinajstić information content (AvgIpc) is 2.86. The molecule has 4 aromatic rings. The zero-order valence-corrected chi connectivity index (χ0v) is 17.7. The van der Waals surface area contributed by atoms with Crippen LogP contribution in [0.4, 0.5) is 0 Å². The molecule has 4 aromatic carbocycles. The van der Waals surface area contributed by atoms with Crippen LogP contribution in [0.1, 0.15) is 34.1 Å². The van der Waals surface area contributed by atoms with Crippen LogP contribution >= 0.6 is 0 Å². The Morgan fingerprint density at radius 3 is 0.935 bits per heavy atom. The first-order valence-electron chi connectivity index (χ1n) is 10.9. The van der Waals surface area contributed by atoms with E-state index in [0.717, 1.165) is 0 Å². The Bertz CT molecular complexity index is 871. The summed E-state index contributed by atoms with van der Waals surface area (Å²) in [5.41, 5.74) is 18.1. The molecule has 0 radical (unpaired) electrons. The van der Waals surface area contributed by atoms with Crippen LogP contribution in [0, 0.1) is 5.92 Å². The van der Waals surface area contributed by atoms with Crippen molar-refractivity contribution in [3.63, 3.8) is 0 Å². The molecule has 0 saturated carbocycles. The maximum absolute atomic E-state index is 6.84. The molecule has 0 fully saturated rings. The van der Waals surface area contributed by atoms with Crippen molar-refractivity contribution in [1.82, 2.24) is 0 Å². The van der Waals surface area contributed by atoms with Gasteiger partial charge in [0.1, 0.15) is 0 Å². The molecule has 0 heterocycles. The lowest BCUT2D eigenvalue weighted by Crippen LogP contribution is -2.44. The van der Waals surface area contributed by atoms with Crippen molar-refractivity contribution in [2.24, 2.45) is 17.4 Å². The minimum Gasteiger partial charge on any atom is -0.329 e. The summed E-state index contributed by atoms with van der Waals surface area (Å²) in [6.07, 6.45) is 0. The van der Waals surface area contributed by atoms with Crippen molar-refractivity contribution < 1.29 is 0 Å². The zero-order valence-electron chi connectivity index (χ0n) is 17.7. The lowest BCUT2D eigenvalue weighted by atomic mass is 9.67. The first-order chi connectivity index (χ1) is 15.3. The molecule has 0 aromatic heterocycles. The Labute approximate surface area is 185 Å². The average molecular weight is 407 g/mol. The number of hydrogen-bond donors (Lipinski definition) is 2. The quantitative estimate of drug-likeness (QED) is 0.403. The van der Waals surface area contributed by atoms with Crippen molar-refractivity contribution in [3.05, 3.63) is 144 Å². The summed E-state index contributed by atoms with van der Waals surface area (Å²) in [5.74, 6) is 0.317. The highest BCUT2D eigenvalue weighted by Crippen LogP contribution is 2.44. The van der Waals surface area contributed by atoms with Crippen LogP contribution in [0.2, 0.25) is 0 Å². The monoisotopic (exact) mass is 406 g/mol. The molecule has 0 spiro atoms. The van der Waals surface area contributed by atoms with Gasteiger partial charge in [-0.15, -0.1) is 0 Å². The van der Waals surface area contributed by atoms with E-state index in [-0.39, 0.29) is 23.8 Å². The summed E-state index contributed by atoms with van der Waals surface area (Å²) in [7, 11) is 0. The van der Waals surface area contributed by atoms with Crippen LogP contribution in [-0.2, 0) is 0 Å². The molecule has 4 rings (SSSR count). The van der Waals surface area contributed by atoms with Crippen LogP contribution < -0.4 is 11.5 Å². The zero-order chi connectivity index (χ0) is 21.5. The van der Waals surface area contributed by atoms with E-state index in [1.165, 1.54) is 22.3 Å². The van der Waals surface area contributed by atoms with Gasteiger partial charge in [-0.1, -0.05) is 121 Å². The molecule has 1 unspecified atom stereocenters. The fraction of sp³-hybridized carbons (Fsp3) is 0.172. The minimum atomic E-state index is -0.171. The summed E-state index contributed by atoms with van der Waals surface area (Å²) < 4.78 is 0. The van der Waals surface area contributed by atoms with Gasteiger partial charge in [0.15, 0.2) is 0 Å². The lowest BCUT2D eigenvalue weighted by Gasteiger charge is -2.39. The molecule has 0 amide bonds. The Kier molecular flexibility index (Phi) is 6.93. The molecule has 0 saturated heterocycles. The van der Waals surface area contributed by atoms with E-state index in [4.69, 9.17) is 11.5 Å². The van der Waals surface area contributed by atoms with Crippen LogP contribution in [0.25, 0.3) is 0 Å². The largest absolute Gasteiger partial charge is 0.329 e. The second-order valence-electron chi connectivity index (χ2n) is 8.07. The molecule has 0 bridgehead atoms. The van der Waals surface area contributed by atoms with Crippen molar-refractivity contribution in [2.75, 3.05) is 6.54 Å². The summed E-state index contributed by atoms with van der Waals surface area (Å²) >= 11 is 0. The predicted octanol–water partition coefficient (Wildman–Crippen LogP) is 5.55. The highest BCUT2D eigenvalue weighted by atomic mass is 14.7. The molecule has 4 N–H and O–H groups in total. The first-order valence-corrected chi connectivity index (χ1v) is 10.9. The van der Waals surface area contributed by atoms with Crippen molar-refractivity contribution in [3.8, 4) is 0 Å². The van der Waals surface area contributed by atoms with Gasteiger partial charge in [-0.2, -0.15) is 0 Å². The van der Waals surface area contributed by atoms with E-state index < -0.39 is 0 Å². The molecule has 0 aliphatic rings. The second-order valence-corrected chi connectivity index (χ2v) is 8.07. The predicted molar refractivity (Wildman–Crippen MR) is 130 cm³/mol. The summed E-state index contributed by atoms with van der Waals surface area (Å²) in [6.45, 7) is 0.428. The van der Waals surface area contributed by atoms with Crippen LogP contribution in [0.3, 0.4) is 0 Å². The molecule has 1 atom stereocenters. The van der Waals surface area contributed by atoms with Crippen LogP contribution in [-0.4, -0.2) is 12.6 Å². The third-order valence-corrected chi connectivity index (χ3v) is 6.17. The standard InChI is InChI=1S/C29H30N2/c30-21-26(31)29(27(22-13-5-1-6-14-22)23-15-7-2-8-16-23)28(24-17-9-3-10-18-24)25-19-11-4-12-20-25/h1-20,26-29H,21,30-31H2. The van der Waals surface area contributed by atoms with Gasteiger partial charge in [0.2, 0.25) is 0 Å². The molecule has 0 aliphatic heterocycles. The van der Waals surface area contributed by atoms with Gasteiger partial charge in [-0.25, -0.2) is 0 Å². The van der Waals surface area contributed by atoms with Gasteiger partial charge >= 0.3 is 0 Å². The fourth-order valence-electron chi connectivity index (χ4n) is 4.76. The van der Waals surface area contributed by atoms with Gasteiger partial charge < -0.3 is 11.5 Å². The van der Waals surface area contributed by atoms with Crippen LogP contribution in [0.15, 0.2) is 121 Å². The summed E-state index contributed by atoms with van der Waals surface area (Å²) in [5, 5.41) is 0. The Balaban J connectivity index is 1.94. The second kappa shape index (κ2) is 10.2. The third-order valence-electron chi connectivity index (χ3n) is 6.17.